The molecule has 8 nitrogen and oxygen atoms in total. The number of carbonyl (C=O) groups excluding carboxylic acids is 1. The molecule has 2 aromatic heterocycles. The number of nitrogens with zero attached hydrogens (tertiary/aromatic N) is 5. The van der Waals surface area contributed by atoms with Crippen molar-refractivity contribution in [2.75, 3.05) is 14.2 Å². The van der Waals surface area contributed by atoms with E-state index in [1.165, 1.54) is 18.9 Å². The highest BCUT2D eigenvalue weighted by atomic mass is 32.2. The standard InChI is InChI=1S/C14H21N5O3S/c1-6-10(13(20)22-5)23-14-16-15-11(19(14)7-2)9-8-18(3)17-12(9)21-4/h8,10H,6-7H2,1-5H3. The second-order valence-corrected chi connectivity index (χ2v) is 5.98. The van der Waals surface area contributed by atoms with Crippen LogP contribution in [0, 0.1) is 0 Å². The Hall–Kier alpha value is -2.03. The summed E-state index contributed by atoms with van der Waals surface area (Å²) in [7, 11) is 4.78. The molecule has 0 aliphatic rings. The van der Waals surface area contributed by atoms with E-state index in [9.17, 15) is 4.79 Å². The molecule has 2 rings (SSSR count). The molecule has 0 aromatic carbocycles. The zero-order chi connectivity index (χ0) is 17.0. The van der Waals surface area contributed by atoms with Crippen LogP contribution in [0.2, 0.25) is 0 Å². The minimum atomic E-state index is -0.307. The van der Waals surface area contributed by atoms with Gasteiger partial charge in [-0.3, -0.25) is 9.48 Å². The Bertz CT molecular complexity index is 682. The third kappa shape index (κ3) is 3.49. The van der Waals surface area contributed by atoms with Crippen LogP contribution in [0.5, 0.6) is 5.88 Å². The quantitative estimate of drug-likeness (QED) is 0.561. The average Bonchev–Trinajstić information content (AvgIpc) is 3.13. The zero-order valence-corrected chi connectivity index (χ0v) is 14.8. The molecular formula is C14H21N5O3S. The summed E-state index contributed by atoms with van der Waals surface area (Å²) in [6.45, 7) is 4.60. The van der Waals surface area contributed by atoms with Crippen molar-refractivity contribution >= 4 is 17.7 Å². The fourth-order valence-corrected chi connectivity index (χ4v) is 3.23. The SMILES string of the molecule is CCC(Sc1nnc(-c2cn(C)nc2OC)n1CC)C(=O)OC. The molecule has 0 bridgehead atoms. The lowest BCUT2D eigenvalue weighted by Gasteiger charge is -2.12. The van der Waals surface area contributed by atoms with Gasteiger partial charge in [-0.1, -0.05) is 18.7 Å². The number of hydrogen-bond acceptors (Lipinski definition) is 7. The Morgan fingerprint density at radius 1 is 1.35 bits per heavy atom. The van der Waals surface area contributed by atoms with Crippen molar-refractivity contribution in [2.45, 2.75) is 37.2 Å². The molecule has 0 amide bonds. The third-order valence-electron chi connectivity index (χ3n) is 3.34. The van der Waals surface area contributed by atoms with Gasteiger partial charge in [0, 0.05) is 19.8 Å². The maximum Gasteiger partial charge on any atom is 0.319 e. The van der Waals surface area contributed by atoms with Gasteiger partial charge in [-0.2, -0.15) is 0 Å². The van der Waals surface area contributed by atoms with E-state index in [1.54, 1.807) is 11.8 Å². The summed E-state index contributed by atoms with van der Waals surface area (Å²) in [5, 5.41) is 13.1. The molecule has 0 spiro atoms. The van der Waals surface area contributed by atoms with Crippen LogP contribution in [0.1, 0.15) is 20.3 Å². The number of thioether (sulfide) groups is 1. The molecule has 126 valence electrons. The van der Waals surface area contributed by atoms with E-state index in [0.717, 1.165) is 5.56 Å². The van der Waals surface area contributed by atoms with E-state index in [1.807, 2.05) is 31.7 Å². The highest BCUT2D eigenvalue weighted by Crippen LogP contribution is 2.32. The van der Waals surface area contributed by atoms with Crippen LogP contribution < -0.4 is 4.74 Å². The van der Waals surface area contributed by atoms with Gasteiger partial charge in [0.05, 0.1) is 14.2 Å². The van der Waals surface area contributed by atoms with Crippen LogP contribution in [-0.4, -0.2) is 50.0 Å². The molecule has 1 atom stereocenters. The summed E-state index contributed by atoms with van der Waals surface area (Å²) < 4.78 is 13.7. The second kappa shape index (κ2) is 7.49. The second-order valence-electron chi connectivity index (χ2n) is 4.81. The van der Waals surface area contributed by atoms with Gasteiger partial charge in [0.15, 0.2) is 11.0 Å². The molecule has 2 heterocycles. The summed E-state index contributed by atoms with van der Waals surface area (Å²) in [6, 6.07) is 0. The van der Waals surface area contributed by atoms with Crippen molar-refractivity contribution < 1.29 is 14.3 Å². The fourth-order valence-electron chi connectivity index (χ4n) is 2.19. The summed E-state index contributed by atoms with van der Waals surface area (Å²) >= 11 is 1.36. The van der Waals surface area contributed by atoms with Crippen molar-refractivity contribution in [2.24, 2.45) is 7.05 Å². The highest BCUT2D eigenvalue weighted by Gasteiger charge is 2.24. The van der Waals surface area contributed by atoms with Gasteiger partial charge in [-0.25, -0.2) is 0 Å². The van der Waals surface area contributed by atoms with Gasteiger partial charge in [0.25, 0.3) is 0 Å². The van der Waals surface area contributed by atoms with Crippen LogP contribution >= 0.6 is 11.8 Å². The highest BCUT2D eigenvalue weighted by molar-refractivity contribution is 8.00. The number of ether oxygens (including phenoxy) is 2. The monoisotopic (exact) mass is 339 g/mol. The first-order valence-electron chi connectivity index (χ1n) is 7.31. The number of aromatic nitrogens is 5. The molecule has 0 aliphatic heterocycles. The van der Waals surface area contributed by atoms with Gasteiger partial charge < -0.3 is 14.0 Å². The number of carbonyl (C=O) groups is 1. The average molecular weight is 339 g/mol. The topological polar surface area (TPSA) is 84.1 Å². The first-order valence-corrected chi connectivity index (χ1v) is 8.19. The first-order chi connectivity index (χ1) is 11.0. The summed E-state index contributed by atoms with van der Waals surface area (Å²) in [6.07, 6.45) is 2.49. The smallest absolute Gasteiger partial charge is 0.319 e. The maximum atomic E-state index is 11.8. The molecule has 0 aliphatic carbocycles. The van der Waals surface area contributed by atoms with Crippen LogP contribution in [0.15, 0.2) is 11.4 Å². The van der Waals surface area contributed by atoms with Crippen molar-refractivity contribution in [3.63, 3.8) is 0 Å². The van der Waals surface area contributed by atoms with E-state index >= 15 is 0 Å². The van der Waals surface area contributed by atoms with Crippen LogP contribution in [0.4, 0.5) is 0 Å². The largest absolute Gasteiger partial charge is 0.479 e. The Kier molecular flexibility index (Phi) is 5.64. The molecule has 0 saturated heterocycles. The van der Waals surface area contributed by atoms with E-state index in [-0.39, 0.29) is 11.2 Å². The minimum Gasteiger partial charge on any atom is -0.479 e. The molecular weight excluding hydrogens is 318 g/mol. The Balaban J connectivity index is 2.38. The number of esters is 1. The predicted octanol–water partition coefficient (Wildman–Crippen LogP) is 1.75. The fraction of sp³-hybridized carbons (Fsp3) is 0.571. The summed E-state index contributed by atoms with van der Waals surface area (Å²) in [5.41, 5.74) is 0.766. The first kappa shape index (κ1) is 17.3. The van der Waals surface area contributed by atoms with Crippen molar-refractivity contribution in [3.05, 3.63) is 6.20 Å². The number of methoxy groups -OCH3 is 2. The van der Waals surface area contributed by atoms with E-state index in [4.69, 9.17) is 9.47 Å². The van der Waals surface area contributed by atoms with Gasteiger partial charge >= 0.3 is 5.97 Å². The molecule has 0 radical (unpaired) electrons. The van der Waals surface area contributed by atoms with Crippen LogP contribution in [0.25, 0.3) is 11.4 Å². The van der Waals surface area contributed by atoms with Crippen molar-refractivity contribution in [1.82, 2.24) is 24.5 Å². The Morgan fingerprint density at radius 3 is 2.65 bits per heavy atom. The Labute approximate surface area is 139 Å². The lowest BCUT2D eigenvalue weighted by Crippen LogP contribution is -2.18. The molecule has 0 N–H and O–H groups in total. The molecule has 1 unspecified atom stereocenters. The van der Waals surface area contributed by atoms with Gasteiger partial charge in [0.1, 0.15) is 10.8 Å². The van der Waals surface area contributed by atoms with Crippen LogP contribution in [0.3, 0.4) is 0 Å². The van der Waals surface area contributed by atoms with Gasteiger partial charge in [-0.15, -0.1) is 15.3 Å². The van der Waals surface area contributed by atoms with E-state index < -0.39 is 0 Å². The minimum absolute atomic E-state index is 0.260. The van der Waals surface area contributed by atoms with Crippen molar-refractivity contribution in [1.29, 1.82) is 0 Å². The molecule has 9 heteroatoms. The molecule has 23 heavy (non-hydrogen) atoms. The van der Waals surface area contributed by atoms with E-state index in [0.29, 0.717) is 29.8 Å². The normalized spacial score (nSPS) is 12.2. The molecule has 0 saturated carbocycles. The molecule has 0 fully saturated rings. The Morgan fingerprint density at radius 2 is 2.09 bits per heavy atom. The zero-order valence-electron chi connectivity index (χ0n) is 13.9. The van der Waals surface area contributed by atoms with Gasteiger partial charge in [0.2, 0.25) is 5.88 Å². The number of hydrogen-bond donors (Lipinski definition) is 0. The summed E-state index contributed by atoms with van der Waals surface area (Å²) in [5.74, 6) is 0.898. The number of aryl methyl sites for hydroxylation is 1. The lowest BCUT2D eigenvalue weighted by molar-refractivity contribution is -0.140. The lowest BCUT2D eigenvalue weighted by atomic mass is 10.3. The summed E-state index contributed by atoms with van der Waals surface area (Å²) in [4.78, 5) is 11.8. The maximum absolute atomic E-state index is 11.8. The third-order valence-corrected chi connectivity index (χ3v) is 4.67. The van der Waals surface area contributed by atoms with E-state index in [2.05, 4.69) is 15.3 Å². The predicted molar refractivity (Wildman–Crippen MR) is 86.4 cm³/mol. The van der Waals surface area contributed by atoms with Crippen LogP contribution in [-0.2, 0) is 23.1 Å². The van der Waals surface area contributed by atoms with Crippen molar-refractivity contribution in [3.8, 4) is 17.3 Å². The van der Waals surface area contributed by atoms with Gasteiger partial charge in [-0.05, 0) is 13.3 Å². The molecule has 2 aromatic rings. The number of rotatable bonds is 7.